The molecule has 1 aromatic carbocycles. The molecule has 0 spiro atoms. The van der Waals surface area contributed by atoms with E-state index in [1.165, 1.54) is 0 Å². The number of rotatable bonds is 4. The van der Waals surface area contributed by atoms with Gasteiger partial charge in [0, 0.05) is 24.7 Å². The van der Waals surface area contributed by atoms with E-state index in [0.717, 1.165) is 12.1 Å². The largest absolute Gasteiger partial charge is 0.573 e. The van der Waals surface area contributed by atoms with Crippen LogP contribution < -0.4 is 4.74 Å². The summed E-state index contributed by atoms with van der Waals surface area (Å²) >= 11 is 0. The lowest BCUT2D eigenvalue weighted by Gasteiger charge is -2.13. The van der Waals surface area contributed by atoms with E-state index in [1.807, 2.05) is 0 Å². The molecule has 0 fully saturated rings. The molecule has 1 atom stereocenters. The minimum absolute atomic E-state index is 0.101. The third-order valence-corrected chi connectivity index (χ3v) is 1.97. The van der Waals surface area contributed by atoms with Crippen molar-refractivity contribution in [1.29, 1.82) is 0 Å². The summed E-state index contributed by atoms with van der Waals surface area (Å²) in [6, 6.07) is 2.41. The predicted molar refractivity (Wildman–Crippen MR) is 49.7 cm³/mol. The van der Waals surface area contributed by atoms with Crippen LogP contribution in [-0.4, -0.2) is 23.2 Å². The second-order valence-corrected chi connectivity index (χ2v) is 3.26. The average Bonchev–Trinajstić information content (AvgIpc) is 2.15. The number of aliphatic hydroxyl groups excluding tert-OH is 2. The van der Waals surface area contributed by atoms with Crippen LogP contribution >= 0.6 is 0 Å². The highest BCUT2D eigenvalue weighted by molar-refractivity contribution is 5.30. The van der Waals surface area contributed by atoms with E-state index >= 15 is 0 Å². The maximum atomic E-state index is 13.3. The zero-order valence-corrected chi connectivity index (χ0v) is 8.54. The van der Waals surface area contributed by atoms with Gasteiger partial charge in [-0.1, -0.05) is 0 Å². The van der Waals surface area contributed by atoms with Gasteiger partial charge in [0.05, 0.1) is 6.10 Å². The van der Waals surface area contributed by atoms with Crippen LogP contribution in [-0.2, 0) is 0 Å². The first kappa shape index (κ1) is 13.7. The maximum absolute atomic E-state index is 13.3. The highest BCUT2D eigenvalue weighted by atomic mass is 19.4. The van der Waals surface area contributed by atoms with Crippen LogP contribution in [0, 0.1) is 5.82 Å². The van der Waals surface area contributed by atoms with Gasteiger partial charge in [-0.2, -0.15) is 0 Å². The SMILES string of the molecule is OCCC(O)c1ccc(OC(F)(F)F)cc1F. The molecular weight excluding hydrogens is 244 g/mol. The van der Waals surface area contributed by atoms with Crippen LogP contribution in [0.1, 0.15) is 18.1 Å². The van der Waals surface area contributed by atoms with Crippen molar-refractivity contribution in [3.05, 3.63) is 29.6 Å². The van der Waals surface area contributed by atoms with Crippen molar-refractivity contribution in [2.24, 2.45) is 0 Å². The molecule has 2 N–H and O–H groups in total. The molecule has 0 amide bonds. The molecule has 96 valence electrons. The van der Waals surface area contributed by atoms with Crippen molar-refractivity contribution in [1.82, 2.24) is 0 Å². The van der Waals surface area contributed by atoms with Crippen molar-refractivity contribution >= 4 is 0 Å². The van der Waals surface area contributed by atoms with E-state index in [2.05, 4.69) is 4.74 Å². The summed E-state index contributed by atoms with van der Waals surface area (Å²) in [6.45, 7) is -0.360. The summed E-state index contributed by atoms with van der Waals surface area (Å²) in [7, 11) is 0. The fraction of sp³-hybridized carbons (Fsp3) is 0.400. The third kappa shape index (κ3) is 4.20. The first-order valence-electron chi connectivity index (χ1n) is 4.67. The summed E-state index contributed by atoms with van der Waals surface area (Å²) in [5.74, 6) is -1.72. The normalized spacial score (nSPS) is 13.5. The average molecular weight is 254 g/mol. The van der Waals surface area contributed by atoms with E-state index in [9.17, 15) is 22.7 Å². The Hall–Kier alpha value is -1.34. The lowest BCUT2D eigenvalue weighted by molar-refractivity contribution is -0.274. The van der Waals surface area contributed by atoms with Gasteiger partial charge < -0.3 is 14.9 Å². The van der Waals surface area contributed by atoms with Crippen LogP contribution in [0.3, 0.4) is 0 Å². The van der Waals surface area contributed by atoms with Crippen molar-refractivity contribution < 1.29 is 32.5 Å². The number of halogens is 4. The third-order valence-electron chi connectivity index (χ3n) is 1.97. The number of aliphatic hydroxyl groups is 2. The van der Waals surface area contributed by atoms with Crippen LogP contribution in [0.2, 0.25) is 0 Å². The van der Waals surface area contributed by atoms with Gasteiger partial charge in [-0.25, -0.2) is 4.39 Å². The monoisotopic (exact) mass is 254 g/mol. The molecule has 7 heteroatoms. The van der Waals surface area contributed by atoms with Crippen LogP contribution in [0.15, 0.2) is 18.2 Å². The molecule has 0 heterocycles. The fourth-order valence-electron chi connectivity index (χ4n) is 1.25. The Morgan fingerprint density at radius 3 is 2.41 bits per heavy atom. The smallest absolute Gasteiger partial charge is 0.406 e. The quantitative estimate of drug-likeness (QED) is 0.809. The number of benzene rings is 1. The molecule has 0 aromatic heterocycles. The zero-order chi connectivity index (χ0) is 13.1. The molecule has 0 bridgehead atoms. The predicted octanol–water partition coefficient (Wildman–Crippen LogP) is 2.14. The number of hydrogen-bond donors (Lipinski definition) is 2. The molecule has 1 aromatic rings. The molecule has 0 saturated heterocycles. The summed E-state index contributed by atoms with van der Waals surface area (Å²) < 4.78 is 52.3. The lowest BCUT2D eigenvalue weighted by atomic mass is 10.1. The van der Waals surface area contributed by atoms with Crippen molar-refractivity contribution in [2.45, 2.75) is 18.9 Å². The molecular formula is C10H10F4O3. The van der Waals surface area contributed by atoms with Crippen LogP contribution in [0.25, 0.3) is 0 Å². The summed E-state index contributed by atoms with van der Waals surface area (Å²) in [5, 5.41) is 17.9. The van der Waals surface area contributed by atoms with E-state index in [4.69, 9.17) is 5.11 Å². The highest BCUT2D eigenvalue weighted by Crippen LogP contribution is 2.27. The zero-order valence-electron chi connectivity index (χ0n) is 8.54. The molecule has 0 radical (unpaired) electrons. The fourth-order valence-corrected chi connectivity index (χ4v) is 1.25. The Kier molecular flexibility index (Phi) is 4.30. The van der Waals surface area contributed by atoms with Gasteiger partial charge in [0.15, 0.2) is 0 Å². The van der Waals surface area contributed by atoms with Crippen LogP contribution in [0.5, 0.6) is 5.75 Å². The molecule has 0 aliphatic carbocycles. The maximum Gasteiger partial charge on any atom is 0.573 e. The van der Waals surface area contributed by atoms with Crippen molar-refractivity contribution in [2.75, 3.05) is 6.61 Å². The second-order valence-electron chi connectivity index (χ2n) is 3.26. The molecule has 1 unspecified atom stereocenters. The molecule has 0 aliphatic rings. The number of alkyl halides is 3. The van der Waals surface area contributed by atoms with Gasteiger partial charge in [0.2, 0.25) is 0 Å². The Morgan fingerprint density at radius 1 is 1.29 bits per heavy atom. The van der Waals surface area contributed by atoms with E-state index in [1.54, 1.807) is 0 Å². The standard InChI is InChI=1S/C10H10F4O3/c11-8-5-6(17-10(12,13)14)1-2-7(8)9(16)3-4-15/h1-2,5,9,15-16H,3-4H2. The summed E-state index contributed by atoms with van der Waals surface area (Å²) in [6.07, 6.45) is -6.26. The Balaban J connectivity index is 2.86. The lowest BCUT2D eigenvalue weighted by Crippen LogP contribution is -2.17. The van der Waals surface area contributed by atoms with Gasteiger partial charge in [0.25, 0.3) is 0 Å². The Morgan fingerprint density at radius 2 is 1.94 bits per heavy atom. The topological polar surface area (TPSA) is 49.7 Å². The molecule has 17 heavy (non-hydrogen) atoms. The van der Waals surface area contributed by atoms with Crippen molar-refractivity contribution in [3.63, 3.8) is 0 Å². The molecule has 3 nitrogen and oxygen atoms in total. The van der Waals surface area contributed by atoms with Gasteiger partial charge >= 0.3 is 6.36 Å². The van der Waals surface area contributed by atoms with E-state index < -0.39 is 24.0 Å². The minimum Gasteiger partial charge on any atom is -0.406 e. The van der Waals surface area contributed by atoms with Gasteiger partial charge in [0.1, 0.15) is 11.6 Å². The number of ether oxygens (including phenoxy) is 1. The van der Waals surface area contributed by atoms with Crippen LogP contribution in [0.4, 0.5) is 17.6 Å². The minimum atomic E-state index is -4.89. The first-order chi connectivity index (χ1) is 7.83. The van der Waals surface area contributed by atoms with Crippen molar-refractivity contribution in [3.8, 4) is 5.75 Å². The molecule has 1 rings (SSSR count). The Bertz CT molecular complexity index is 378. The summed E-state index contributed by atoms with van der Waals surface area (Å²) in [4.78, 5) is 0. The second kappa shape index (κ2) is 5.33. The van der Waals surface area contributed by atoms with Gasteiger partial charge in [-0.05, 0) is 12.1 Å². The van der Waals surface area contributed by atoms with E-state index in [-0.39, 0.29) is 18.6 Å². The van der Waals surface area contributed by atoms with E-state index in [0.29, 0.717) is 6.07 Å². The molecule has 0 saturated carbocycles. The summed E-state index contributed by atoms with van der Waals surface area (Å²) in [5.41, 5.74) is -0.187. The highest BCUT2D eigenvalue weighted by Gasteiger charge is 2.31. The van der Waals surface area contributed by atoms with Gasteiger partial charge in [-0.3, -0.25) is 0 Å². The van der Waals surface area contributed by atoms with Gasteiger partial charge in [-0.15, -0.1) is 13.2 Å². The Labute approximate surface area is 94.3 Å². The molecule has 0 aliphatic heterocycles. The first-order valence-corrected chi connectivity index (χ1v) is 4.67. The number of hydrogen-bond acceptors (Lipinski definition) is 3.